The number of phenols is 1. The quantitative estimate of drug-likeness (QED) is 0.560. The van der Waals surface area contributed by atoms with Crippen LogP contribution in [-0.4, -0.2) is 34.6 Å². The maximum Gasteiger partial charge on any atom is 0.141 e. The highest BCUT2D eigenvalue weighted by Crippen LogP contribution is 2.31. The topological polar surface area (TPSA) is 88.5 Å². The number of aliphatic hydroxyl groups excluding tert-OH is 1. The highest BCUT2D eigenvalue weighted by atomic mass is 35.5. The number of aliphatic hydroxyl groups is 1. The van der Waals surface area contributed by atoms with Gasteiger partial charge in [-0.05, 0) is 37.3 Å². The van der Waals surface area contributed by atoms with Crippen LogP contribution in [0.1, 0.15) is 23.2 Å². The highest BCUT2D eigenvalue weighted by molar-refractivity contribution is 6.32. The van der Waals surface area contributed by atoms with Gasteiger partial charge >= 0.3 is 0 Å². The first kappa shape index (κ1) is 16.8. The van der Waals surface area contributed by atoms with E-state index in [9.17, 15) is 10.2 Å². The third-order valence-corrected chi connectivity index (χ3v) is 4.82. The highest BCUT2D eigenvalue weighted by Gasteiger charge is 2.24. The fraction of sp³-hybridized carbons (Fsp3) is 0.118. The van der Waals surface area contributed by atoms with Crippen molar-refractivity contribution in [2.45, 2.75) is 13.0 Å². The third-order valence-electron chi connectivity index (χ3n) is 4.20. The normalized spacial score (nSPS) is 12.6. The van der Waals surface area contributed by atoms with Crippen molar-refractivity contribution in [1.82, 2.24) is 24.4 Å². The SMILES string of the molecule is Cc1c(C(O)c2c(Cl)ccc3cncn23)nnn1-c1ccc(O)c(Cl)c1. The molecule has 0 radical (unpaired) electrons. The lowest BCUT2D eigenvalue weighted by Gasteiger charge is -2.14. The first-order chi connectivity index (χ1) is 12.5. The second-order valence-electron chi connectivity index (χ2n) is 5.77. The van der Waals surface area contributed by atoms with E-state index in [0.717, 1.165) is 5.52 Å². The number of benzene rings is 1. The molecule has 0 aliphatic carbocycles. The first-order valence-corrected chi connectivity index (χ1v) is 8.42. The van der Waals surface area contributed by atoms with Gasteiger partial charge in [0, 0.05) is 0 Å². The summed E-state index contributed by atoms with van der Waals surface area (Å²) in [4.78, 5) is 4.09. The predicted molar refractivity (Wildman–Crippen MR) is 97.0 cm³/mol. The van der Waals surface area contributed by atoms with Gasteiger partial charge in [-0.1, -0.05) is 28.4 Å². The van der Waals surface area contributed by atoms with E-state index >= 15 is 0 Å². The molecule has 1 atom stereocenters. The molecule has 3 heterocycles. The van der Waals surface area contributed by atoms with Crippen molar-refractivity contribution in [3.8, 4) is 11.4 Å². The first-order valence-electron chi connectivity index (χ1n) is 7.67. The number of phenolic OH excluding ortho intramolecular Hbond substituents is 1. The summed E-state index contributed by atoms with van der Waals surface area (Å²) in [6, 6.07) is 8.21. The van der Waals surface area contributed by atoms with Gasteiger partial charge in [0.2, 0.25) is 0 Å². The fourth-order valence-corrected chi connectivity index (χ4v) is 3.28. The lowest BCUT2D eigenvalue weighted by molar-refractivity contribution is 0.208. The van der Waals surface area contributed by atoms with E-state index in [1.54, 1.807) is 42.0 Å². The molecule has 9 heteroatoms. The molecule has 0 saturated carbocycles. The Morgan fingerprint density at radius 1 is 1.12 bits per heavy atom. The van der Waals surface area contributed by atoms with E-state index < -0.39 is 6.10 Å². The Labute approximate surface area is 158 Å². The molecule has 0 aliphatic heterocycles. The predicted octanol–water partition coefficient (Wildman–Crippen LogP) is 3.32. The summed E-state index contributed by atoms with van der Waals surface area (Å²) in [7, 11) is 0. The van der Waals surface area contributed by atoms with Crippen LogP contribution in [0.25, 0.3) is 11.2 Å². The largest absolute Gasteiger partial charge is 0.506 e. The minimum Gasteiger partial charge on any atom is -0.506 e. The van der Waals surface area contributed by atoms with Crippen LogP contribution in [0.5, 0.6) is 5.75 Å². The van der Waals surface area contributed by atoms with Crippen LogP contribution < -0.4 is 0 Å². The molecule has 26 heavy (non-hydrogen) atoms. The summed E-state index contributed by atoms with van der Waals surface area (Å²) in [5.41, 5.74) is 2.85. The number of nitrogens with zero attached hydrogens (tertiary/aromatic N) is 5. The van der Waals surface area contributed by atoms with Gasteiger partial charge in [0.05, 0.1) is 45.2 Å². The molecule has 7 nitrogen and oxygen atoms in total. The number of pyridine rings is 1. The number of fused-ring (bicyclic) bond motifs is 1. The van der Waals surface area contributed by atoms with Gasteiger partial charge in [-0.2, -0.15) is 0 Å². The zero-order valence-corrected chi connectivity index (χ0v) is 15.0. The molecule has 0 amide bonds. The second kappa shape index (κ2) is 6.28. The van der Waals surface area contributed by atoms with Gasteiger partial charge in [0.15, 0.2) is 0 Å². The molecule has 0 aliphatic rings. The summed E-state index contributed by atoms with van der Waals surface area (Å²) >= 11 is 12.3. The number of hydrogen-bond donors (Lipinski definition) is 2. The average molecular weight is 390 g/mol. The molecular formula is C17H13Cl2N5O2. The number of rotatable bonds is 3. The summed E-state index contributed by atoms with van der Waals surface area (Å²) in [5.74, 6) is -0.0213. The van der Waals surface area contributed by atoms with Crippen molar-refractivity contribution in [1.29, 1.82) is 0 Å². The molecule has 3 aromatic heterocycles. The van der Waals surface area contributed by atoms with Gasteiger partial charge < -0.3 is 10.2 Å². The Kier molecular flexibility index (Phi) is 4.07. The average Bonchev–Trinajstić information content (AvgIpc) is 3.23. The Bertz CT molecular complexity index is 1120. The van der Waals surface area contributed by atoms with E-state index in [2.05, 4.69) is 15.3 Å². The maximum atomic E-state index is 10.9. The van der Waals surface area contributed by atoms with Gasteiger partial charge in [-0.15, -0.1) is 5.10 Å². The molecule has 4 aromatic rings. The number of halogens is 2. The minimum absolute atomic E-state index is 0.0213. The molecule has 4 rings (SSSR count). The third kappa shape index (κ3) is 2.61. The summed E-state index contributed by atoms with van der Waals surface area (Å²) in [6.07, 6.45) is 2.16. The summed E-state index contributed by atoms with van der Waals surface area (Å²) < 4.78 is 3.24. The van der Waals surface area contributed by atoms with Crippen LogP contribution in [0.3, 0.4) is 0 Å². The second-order valence-corrected chi connectivity index (χ2v) is 6.58. The minimum atomic E-state index is -1.10. The van der Waals surface area contributed by atoms with Crippen molar-refractivity contribution in [3.05, 3.63) is 70.0 Å². The summed E-state index contributed by atoms with van der Waals surface area (Å²) in [5, 5.41) is 29.3. The van der Waals surface area contributed by atoms with Crippen molar-refractivity contribution in [2.75, 3.05) is 0 Å². The number of imidazole rings is 1. The zero-order valence-electron chi connectivity index (χ0n) is 13.5. The molecular weight excluding hydrogens is 377 g/mol. The van der Waals surface area contributed by atoms with Crippen LogP contribution in [-0.2, 0) is 0 Å². The summed E-state index contributed by atoms with van der Waals surface area (Å²) in [6.45, 7) is 1.78. The van der Waals surface area contributed by atoms with Gasteiger partial charge in [-0.3, -0.25) is 4.40 Å². The molecule has 0 saturated heterocycles. The van der Waals surface area contributed by atoms with E-state index in [4.69, 9.17) is 23.2 Å². The molecule has 0 spiro atoms. The smallest absolute Gasteiger partial charge is 0.141 e. The van der Waals surface area contributed by atoms with Crippen molar-refractivity contribution in [3.63, 3.8) is 0 Å². The Morgan fingerprint density at radius 3 is 2.69 bits per heavy atom. The van der Waals surface area contributed by atoms with Crippen molar-refractivity contribution >= 4 is 28.7 Å². The standard InChI is InChI=1S/C17H13Cl2N5O2/c1-9-15(21-22-24(9)10-3-5-14(25)13(19)6-10)17(26)16-12(18)4-2-11-7-20-8-23(11)16/h2-8,17,25-26H,1H3. The lowest BCUT2D eigenvalue weighted by atomic mass is 10.1. The van der Waals surface area contributed by atoms with Crippen LogP contribution in [0.4, 0.5) is 0 Å². The van der Waals surface area contributed by atoms with E-state index in [1.807, 2.05) is 6.07 Å². The van der Waals surface area contributed by atoms with E-state index in [0.29, 0.717) is 27.8 Å². The number of hydrogen-bond acceptors (Lipinski definition) is 5. The van der Waals surface area contributed by atoms with Crippen LogP contribution in [0, 0.1) is 6.92 Å². The fourth-order valence-electron chi connectivity index (χ4n) is 2.85. The van der Waals surface area contributed by atoms with E-state index in [1.165, 1.54) is 10.7 Å². The maximum absolute atomic E-state index is 10.9. The van der Waals surface area contributed by atoms with Gasteiger partial charge in [0.25, 0.3) is 0 Å². The van der Waals surface area contributed by atoms with Crippen LogP contribution in [0.2, 0.25) is 10.0 Å². The Hall–Kier alpha value is -2.61. The van der Waals surface area contributed by atoms with Gasteiger partial charge in [-0.25, -0.2) is 9.67 Å². The zero-order chi connectivity index (χ0) is 18.4. The molecule has 0 bridgehead atoms. The molecule has 2 N–H and O–H groups in total. The Balaban J connectivity index is 1.81. The van der Waals surface area contributed by atoms with E-state index in [-0.39, 0.29) is 10.8 Å². The van der Waals surface area contributed by atoms with Crippen LogP contribution >= 0.6 is 23.2 Å². The van der Waals surface area contributed by atoms with Gasteiger partial charge in [0.1, 0.15) is 17.5 Å². The van der Waals surface area contributed by atoms with Crippen molar-refractivity contribution in [2.24, 2.45) is 0 Å². The molecule has 1 aromatic carbocycles. The van der Waals surface area contributed by atoms with Crippen LogP contribution in [0.15, 0.2) is 42.9 Å². The lowest BCUT2D eigenvalue weighted by Crippen LogP contribution is -2.09. The molecule has 0 fully saturated rings. The number of aromatic nitrogens is 5. The monoisotopic (exact) mass is 389 g/mol. The van der Waals surface area contributed by atoms with Crippen molar-refractivity contribution < 1.29 is 10.2 Å². The Morgan fingerprint density at radius 2 is 1.92 bits per heavy atom. The molecule has 1 unspecified atom stereocenters. The molecule has 132 valence electrons. The number of aromatic hydroxyl groups is 1.